The molecule has 1 aromatic rings. The molecule has 5 nitrogen and oxygen atoms in total. The van der Waals surface area contributed by atoms with Crippen molar-refractivity contribution in [1.82, 2.24) is 5.32 Å². The molecule has 1 unspecified atom stereocenters. The van der Waals surface area contributed by atoms with E-state index in [-0.39, 0.29) is 12.0 Å². The number of benzene rings is 1. The molecule has 19 heavy (non-hydrogen) atoms. The third-order valence-electron chi connectivity index (χ3n) is 3.44. The second-order valence-corrected chi connectivity index (χ2v) is 4.62. The molecule has 2 N–H and O–H groups in total. The quantitative estimate of drug-likeness (QED) is 0.633. The predicted octanol–water partition coefficient (Wildman–Crippen LogP) is 1.24. The Balaban J connectivity index is 2.47. The Hall–Kier alpha value is -2.17. The minimum absolute atomic E-state index is 0.0435. The van der Waals surface area contributed by atoms with Gasteiger partial charge in [0.15, 0.2) is 5.78 Å². The number of aliphatic carboxylic acids is 1. The summed E-state index contributed by atoms with van der Waals surface area (Å²) in [6.07, 6.45) is 1.26. The SMILES string of the molecule is O=C(O)C1(C(=O)c2ccccc2)CCCCNC1=O. The molecule has 0 bridgehead atoms. The molecule has 1 heterocycles. The molecule has 1 aromatic carbocycles. The summed E-state index contributed by atoms with van der Waals surface area (Å²) >= 11 is 0. The zero-order chi connectivity index (χ0) is 13.9. The van der Waals surface area contributed by atoms with Crippen LogP contribution >= 0.6 is 0 Å². The van der Waals surface area contributed by atoms with Crippen LogP contribution in [0.3, 0.4) is 0 Å². The number of hydrogen-bond acceptors (Lipinski definition) is 3. The van der Waals surface area contributed by atoms with Gasteiger partial charge in [0.05, 0.1) is 0 Å². The van der Waals surface area contributed by atoms with Gasteiger partial charge < -0.3 is 10.4 Å². The first-order valence-electron chi connectivity index (χ1n) is 6.20. The highest BCUT2D eigenvalue weighted by Gasteiger charge is 2.53. The van der Waals surface area contributed by atoms with E-state index < -0.39 is 23.1 Å². The molecule has 0 radical (unpaired) electrons. The summed E-state index contributed by atoms with van der Waals surface area (Å²) in [6.45, 7) is 0.413. The van der Waals surface area contributed by atoms with Crippen molar-refractivity contribution in [3.63, 3.8) is 0 Å². The van der Waals surface area contributed by atoms with Crippen molar-refractivity contribution in [1.29, 1.82) is 0 Å². The van der Waals surface area contributed by atoms with Crippen LogP contribution in [0.1, 0.15) is 29.6 Å². The first-order valence-corrected chi connectivity index (χ1v) is 6.20. The summed E-state index contributed by atoms with van der Waals surface area (Å²) in [5.74, 6) is -2.72. The van der Waals surface area contributed by atoms with Crippen molar-refractivity contribution >= 4 is 17.7 Å². The fourth-order valence-corrected chi connectivity index (χ4v) is 2.34. The van der Waals surface area contributed by atoms with E-state index in [0.29, 0.717) is 19.4 Å². The van der Waals surface area contributed by atoms with Crippen molar-refractivity contribution in [2.45, 2.75) is 19.3 Å². The Kier molecular flexibility index (Phi) is 3.64. The van der Waals surface area contributed by atoms with Gasteiger partial charge >= 0.3 is 5.97 Å². The van der Waals surface area contributed by atoms with Gasteiger partial charge in [0.1, 0.15) is 0 Å². The van der Waals surface area contributed by atoms with Crippen LogP contribution in [0, 0.1) is 5.41 Å². The van der Waals surface area contributed by atoms with Gasteiger partial charge in [-0.15, -0.1) is 0 Å². The lowest BCUT2D eigenvalue weighted by Crippen LogP contribution is -2.51. The number of rotatable bonds is 3. The maximum atomic E-state index is 12.5. The van der Waals surface area contributed by atoms with Gasteiger partial charge in [0.25, 0.3) is 0 Å². The van der Waals surface area contributed by atoms with E-state index >= 15 is 0 Å². The molecule has 1 aliphatic heterocycles. The second-order valence-electron chi connectivity index (χ2n) is 4.62. The number of nitrogens with one attached hydrogen (secondary N) is 1. The normalized spacial score (nSPS) is 23.3. The summed E-state index contributed by atoms with van der Waals surface area (Å²) in [5.41, 5.74) is -1.74. The molecule has 1 amide bonds. The Morgan fingerprint density at radius 3 is 2.47 bits per heavy atom. The molecule has 0 aliphatic carbocycles. The topological polar surface area (TPSA) is 83.5 Å². The summed E-state index contributed by atoms with van der Waals surface area (Å²) in [7, 11) is 0. The highest BCUT2D eigenvalue weighted by molar-refractivity contribution is 6.26. The number of Topliss-reactive ketones (excluding diaryl/α,β-unsaturated/α-hetero) is 1. The average Bonchev–Trinajstić information content (AvgIpc) is 2.61. The molecule has 100 valence electrons. The number of carbonyl (C=O) groups excluding carboxylic acids is 2. The molecule has 1 saturated heterocycles. The van der Waals surface area contributed by atoms with Crippen molar-refractivity contribution in [2.75, 3.05) is 6.54 Å². The van der Waals surface area contributed by atoms with Crippen molar-refractivity contribution in [2.24, 2.45) is 5.41 Å². The maximum absolute atomic E-state index is 12.5. The van der Waals surface area contributed by atoms with E-state index in [9.17, 15) is 19.5 Å². The zero-order valence-corrected chi connectivity index (χ0v) is 10.4. The number of carboxylic acids is 1. The maximum Gasteiger partial charge on any atom is 0.327 e. The third-order valence-corrected chi connectivity index (χ3v) is 3.44. The molecule has 1 aliphatic rings. The van der Waals surface area contributed by atoms with Gasteiger partial charge in [0.2, 0.25) is 11.3 Å². The molecule has 0 saturated carbocycles. The molecular weight excluding hydrogens is 246 g/mol. The monoisotopic (exact) mass is 261 g/mol. The molecule has 1 fully saturated rings. The standard InChI is InChI=1S/C14H15NO4/c16-11(10-6-2-1-3-7-10)14(13(18)19)8-4-5-9-15-12(14)17/h1-3,6-7H,4-5,8-9H2,(H,15,17)(H,18,19). The summed E-state index contributed by atoms with van der Waals surface area (Å²) in [6, 6.07) is 8.10. The number of hydrogen-bond donors (Lipinski definition) is 2. The lowest BCUT2D eigenvalue weighted by Gasteiger charge is -2.24. The minimum atomic E-state index is -1.99. The smallest absolute Gasteiger partial charge is 0.327 e. The highest BCUT2D eigenvalue weighted by atomic mass is 16.4. The van der Waals surface area contributed by atoms with Gasteiger partial charge in [0, 0.05) is 12.1 Å². The van der Waals surface area contributed by atoms with E-state index in [0.717, 1.165) is 0 Å². The van der Waals surface area contributed by atoms with Crippen LogP contribution in [0.2, 0.25) is 0 Å². The predicted molar refractivity (Wildman–Crippen MR) is 67.7 cm³/mol. The van der Waals surface area contributed by atoms with Crippen molar-refractivity contribution in [3.8, 4) is 0 Å². The van der Waals surface area contributed by atoms with Gasteiger partial charge in [-0.25, -0.2) is 0 Å². The summed E-state index contributed by atoms with van der Waals surface area (Å²) in [5, 5.41) is 12.0. The Morgan fingerprint density at radius 2 is 1.84 bits per heavy atom. The number of amides is 1. The van der Waals surface area contributed by atoms with Gasteiger partial charge in [-0.05, 0) is 19.3 Å². The Morgan fingerprint density at radius 1 is 1.16 bits per heavy atom. The Labute approximate surface area is 110 Å². The third kappa shape index (κ3) is 2.23. The highest BCUT2D eigenvalue weighted by Crippen LogP contribution is 2.32. The Bertz CT molecular complexity index is 511. The van der Waals surface area contributed by atoms with E-state index in [4.69, 9.17) is 0 Å². The van der Waals surface area contributed by atoms with Crippen LogP contribution in [0.4, 0.5) is 0 Å². The van der Waals surface area contributed by atoms with Crippen molar-refractivity contribution < 1.29 is 19.5 Å². The van der Waals surface area contributed by atoms with E-state index in [1.165, 1.54) is 12.1 Å². The number of carboxylic acid groups (broad SMARTS) is 1. The average molecular weight is 261 g/mol. The molecule has 2 rings (SSSR count). The first-order chi connectivity index (χ1) is 9.09. The molecular formula is C14H15NO4. The fourth-order valence-electron chi connectivity index (χ4n) is 2.34. The molecule has 0 spiro atoms. The van der Waals surface area contributed by atoms with Crippen LogP contribution < -0.4 is 5.32 Å². The van der Waals surface area contributed by atoms with Gasteiger partial charge in [-0.1, -0.05) is 30.3 Å². The largest absolute Gasteiger partial charge is 0.480 e. The van der Waals surface area contributed by atoms with Crippen LogP contribution in [0.15, 0.2) is 30.3 Å². The van der Waals surface area contributed by atoms with Crippen LogP contribution in [0.5, 0.6) is 0 Å². The van der Waals surface area contributed by atoms with Crippen molar-refractivity contribution in [3.05, 3.63) is 35.9 Å². The molecule has 0 aromatic heterocycles. The number of carbonyl (C=O) groups is 3. The summed E-state index contributed by atoms with van der Waals surface area (Å²) in [4.78, 5) is 36.1. The molecule has 1 atom stereocenters. The van der Waals surface area contributed by atoms with E-state index in [2.05, 4.69) is 5.32 Å². The minimum Gasteiger partial charge on any atom is -0.480 e. The van der Waals surface area contributed by atoms with E-state index in [1.807, 2.05) is 0 Å². The van der Waals surface area contributed by atoms with Gasteiger partial charge in [-0.2, -0.15) is 0 Å². The first kappa shape index (κ1) is 13.3. The lowest BCUT2D eigenvalue weighted by molar-refractivity contribution is -0.152. The lowest BCUT2D eigenvalue weighted by atomic mass is 9.76. The zero-order valence-electron chi connectivity index (χ0n) is 10.4. The number of ketones is 1. The fraction of sp³-hybridized carbons (Fsp3) is 0.357. The van der Waals surface area contributed by atoms with E-state index in [1.54, 1.807) is 18.2 Å². The van der Waals surface area contributed by atoms with Crippen LogP contribution in [-0.4, -0.2) is 29.3 Å². The summed E-state index contributed by atoms with van der Waals surface area (Å²) < 4.78 is 0. The molecule has 5 heteroatoms. The van der Waals surface area contributed by atoms with Crippen LogP contribution in [-0.2, 0) is 9.59 Å². The van der Waals surface area contributed by atoms with Gasteiger partial charge in [-0.3, -0.25) is 14.4 Å². The second kappa shape index (κ2) is 5.22. The van der Waals surface area contributed by atoms with Crippen LogP contribution in [0.25, 0.3) is 0 Å².